The topological polar surface area (TPSA) is 98.0 Å². The lowest BCUT2D eigenvalue weighted by molar-refractivity contribution is 0.112. The van der Waals surface area contributed by atoms with Crippen LogP contribution in [0.2, 0.25) is 0 Å². The lowest BCUT2D eigenvalue weighted by Gasteiger charge is -2.32. The third kappa shape index (κ3) is 10.7. The summed E-state index contributed by atoms with van der Waals surface area (Å²) in [6, 6.07) is 50.6. The molecule has 7 aromatic carbocycles. The molecule has 5 nitrogen and oxygen atoms in total. The van der Waals surface area contributed by atoms with Crippen LogP contribution < -0.4 is 0 Å². The molecule has 1 heterocycles. The van der Waals surface area contributed by atoms with Gasteiger partial charge in [0.2, 0.25) is 0 Å². The lowest BCUT2D eigenvalue weighted by Crippen LogP contribution is -2.23. The monoisotopic (exact) mass is 962 g/mol. The van der Waals surface area contributed by atoms with Crippen molar-refractivity contribution in [1.82, 2.24) is 0 Å². The molecule has 6 heteroatoms. The molecule has 0 fully saturated rings. The Kier molecular flexibility index (Phi) is 15.0. The van der Waals surface area contributed by atoms with Gasteiger partial charge in [-0.25, -0.2) is 0 Å². The second kappa shape index (κ2) is 20.4. The van der Waals surface area contributed by atoms with Crippen LogP contribution >= 0.6 is 11.3 Å². The maximum atomic E-state index is 11.1. The van der Waals surface area contributed by atoms with Crippen molar-refractivity contribution in [2.24, 2.45) is 0 Å². The van der Waals surface area contributed by atoms with Crippen molar-refractivity contribution in [2.45, 2.75) is 117 Å². The minimum absolute atomic E-state index is 0.0325. The van der Waals surface area contributed by atoms with E-state index in [4.69, 9.17) is 0 Å². The number of aromatic hydroxyl groups is 4. The van der Waals surface area contributed by atoms with Crippen LogP contribution in [0.4, 0.5) is 0 Å². The van der Waals surface area contributed by atoms with E-state index >= 15 is 0 Å². The van der Waals surface area contributed by atoms with Crippen molar-refractivity contribution in [3.63, 3.8) is 0 Å². The summed E-state index contributed by atoms with van der Waals surface area (Å²) in [4.78, 5) is 11.1. The number of aldehydes is 1. The number of carbonyl (C=O) groups is 1. The molecule has 0 radical (unpaired) electrons. The van der Waals surface area contributed by atoms with E-state index in [2.05, 4.69) is 159 Å². The summed E-state index contributed by atoms with van der Waals surface area (Å²) in [5, 5.41) is 45.6. The number of benzene rings is 7. The standard InChI is InChI=1S/C34H36O3.C31H34O2S/c1-22-18-29(20-31(32(22)37)23(2)25-12-10-24(21-35)11-13-25)34(5,6)28-9-7-8-27(19-28)33(3,4)26-14-16-30(36)17-15-26;1-20-16-26(18-28(29(20)33)21(2)22-14-15-34-19-22)31(5,6)25-9-7-8-24(17-25)30(3,4)23-10-12-27(32)13-11-23/h7-21,23,36-37H,1-6H3;7-19,21,32-33H,1-6H3. The largest absolute Gasteiger partial charge is 0.508 e. The molecule has 0 bridgehead atoms. The van der Waals surface area contributed by atoms with Crippen LogP contribution in [0.3, 0.4) is 0 Å². The highest BCUT2D eigenvalue weighted by Crippen LogP contribution is 2.44. The van der Waals surface area contributed by atoms with Crippen LogP contribution in [-0.2, 0) is 21.7 Å². The molecule has 8 aromatic rings. The van der Waals surface area contributed by atoms with Gasteiger partial charge in [-0.2, -0.15) is 11.3 Å². The van der Waals surface area contributed by atoms with Crippen molar-refractivity contribution in [2.75, 3.05) is 0 Å². The third-order valence-electron chi connectivity index (χ3n) is 15.4. The predicted octanol–water partition coefficient (Wildman–Crippen LogP) is 16.3. The Morgan fingerprint density at radius 3 is 1.14 bits per heavy atom. The van der Waals surface area contributed by atoms with E-state index in [0.717, 1.165) is 50.8 Å². The summed E-state index contributed by atoms with van der Waals surface area (Å²) in [5.74, 6) is 1.34. The molecule has 2 atom stereocenters. The first-order valence-corrected chi connectivity index (χ1v) is 25.5. The molecular formula is C65H70O5S. The Balaban J connectivity index is 0.000000209. The fourth-order valence-corrected chi connectivity index (χ4v) is 10.5. The third-order valence-corrected chi connectivity index (χ3v) is 16.1. The van der Waals surface area contributed by atoms with Gasteiger partial charge in [-0.15, -0.1) is 0 Å². The van der Waals surface area contributed by atoms with Crippen molar-refractivity contribution in [1.29, 1.82) is 0 Å². The summed E-state index contributed by atoms with van der Waals surface area (Å²) in [5.41, 5.74) is 15.0. The van der Waals surface area contributed by atoms with E-state index in [1.165, 1.54) is 33.4 Å². The lowest BCUT2D eigenvalue weighted by atomic mass is 9.72. The highest BCUT2D eigenvalue weighted by atomic mass is 32.1. The van der Waals surface area contributed by atoms with Crippen LogP contribution in [0.25, 0.3) is 0 Å². The van der Waals surface area contributed by atoms with Gasteiger partial charge in [0.1, 0.15) is 29.3 Å². The molecule has 0 amide bonds. The number of aryl methyl sites for hydroxylation is 2. The highest BCUT2D eigenvalue weighted by Gasteiger charge is 2.32. The van der Waals surface area contributed by atoms with Gasteiger partial charge in [0, 0.05) is 50.2 Å². The molecule has 8 rings (SSSR count). The number of phenolic OH excluding ortho intramolecular Hbond substituents is 4. The van der Waals surface area contributed by atoms with Crippen molar-refractivity contribution in [3.8, 4) is 23.0 Å². The Hall–Kier alpha value is -6.89. The average Bonchev–Trinajstić information content (AvgIpc) is 3.91. The number of hydrogen-bond acceptors (Lipinski definition) is 6. The van der Waals surface area contributed by atoms with E-state index in [1.54, 1.807) is 35.6 Å². The van der Waals surface area contributed by atoms with Crippen molar-refractivity contribution >= 4 is 17.6 Å². The molecular weight excluding hydrogens is 893 g/mol. The molecule has 1 aromatic heterocycles. The number of hydrogen-bond donors (Lipinski definition) is 4. The smallest absolute Gasteiger partial charge is 0.150 e. The van der Waals surface area contributed by atoms with E-state index in [1.807, 2.05) is 62.4 Å². The van der Waals surface area contributed by atoms with Gasteiger partial charge < -0.3 is 20.4 Å². The molecule has 0 spiro atoms. The number of thiophene rings is 1. The molecule has 71 heavy (non-hydrogen) atoms. The van der Waals surface area contributed by atoms with Gasteiger partial charge in [-0.05, 0) is 122 Å². The zero-order valence-electron chi connectivity index (χ0n) is 43.4. The van der Waals surface area contributed by atoms with E-state index < -0.39 is 0 Å². The van der Waals surface area contributed by atoms with E-state index in [0.29, 0.717) is 17.1 Å². The van der Waals surface area contributed by atoms with Crippen molar-refractivity contribution < 1.29 is 25.2 Å². The Bertz CT molecular complexity index is 3120. The minimum Gasteiger partial charge on any atom is -0.508 e. The Labute approximate surface area is 426 Å². The van der Waals surface area contributed by atoms with Crippen LogP contribution in [-0.4, -0.2) is 26.7 Å². The molecule has 0 aliphatic carbocycles. The summed E-state index contributed by atoms with van der Waals surface area (Å²) in [6.07, 6.45) is 0.844. The van der Waals surface area contributed by atoms with Gasteiger partial charge in [0.05, 0.1) is 0 Å². The first-order valence-electron chi connectivity index (χ1n) is 24.5. The average molecular weight is 963 g/mol. The normalized spacial score (nSPS) is 13.0. The molecule has 366 valence electrons. The maximum Gasteiger partial charge on any atom is 0.150 e. The first kappa shape index (κ1) is 51.9. The van der Waals surface area contributed by atoms with E-state index in [9.17, 15) is 25.2 Å². The second-order valence-electron chi connectivity index (χ2n) is 21.5. The summed E-state index contributed by atoms with van der Waals surface area (Å²) in [7, 11) is 0. The van der Waals surface area contributed by atoms with Crippen LogP contribution in [0.15, 0.2) is 162 Å². The van der Waals surface area contributed by atoms with Gasteiger partial charge in [-0.3, -0.25) is 4.79 Å². The molecule has 2 unspecified atom stereocenters. The van der Waals surface area contributed by atoms with Gasteiger partial charge in [-0.1, -0.05) is 191 Å². The molecule has 0 aliphatic heterocycles. The highest BCUT2D eigenvalue weighted by molar-refractivity contribution is 7.08. The number of phenols is 4. The molecule has 0 saturated carbocycles. The first-order chi connectivity index (χ1) is 33.5. The van der Waals surface area contributed by atoms with Gasteiger partial charge >= 0.3 is 0 Å². The van der Waals surface area contributed by atoms with Crippen LogP contribution in [0, 0.1) is 13.8 Å². The zero-order valence-corrected chi connectivity index (χ0v) is 44.2. The second-order valence-corrected chi connectivity index (χ2v) is 22.3. The predicted molar refractivity (Wildman–Crippen MR) is 294 cm³/mol. The van der Waals surface area contributed by atoms with Crippen LogP contribution in [0.1, 0.15) is 169 Å². The molecule has 4 N–H and O–H groups in total. The quantitative estimate of drug-likeness (QED) is 0.0863. The van der Waals surface area contributed by atoms with Gasteiger partial charge in [0.15, 0.2) is 0 Å². The molecule has 0 saturated heterocycles. The number of rotatable bonds is 13. The van der Waals surface area contributed by atoms with E-state index in [-0.39, 0.29) is 45.0 Å². The number of carbonyl (C=O) groups excluding carboxylic acids is 1. The molecule has 0 aliphatic rings. The van der Waals surface area contributed by atoms with Crippen LogP contribution in [0.5, 0.6) is 23.0 Å². The Morgan fingerprint density at radius 1 is 0.423 bits per heavy atom. The van der Waals surface area contributed by atoms with Gasteiger partial charge in [0.25, 0.3) is 0 Å². The fourth-order valence-electron chi connectivity index (χ4n) is 9.76. The maximum absolute atomic E-state index is 11.1. The van der Waals surface area contributed by atoms with Crippen molar-refractivity contribution in [3.05, 3.63) is 246 Å². The SMILES string of the molecule is Cc1cc(C(C)(C)c2cccc(C(C)(C)c3ccc(O)cc3)c2)cc(C(C)c2ccc(C=O)cc2)c1O.Cc1cc(C(C)(C)c2cccc(C(C)(C)c3ccc(O)cc3)c2)cc(C(C)c2ccsc2)c1O. The Morgan fingerprint density at radius 2 is 0.789 bits per heavy atom. The zero-order chi connectivity index (χ0) is 51.6. The minimum atomic E-state index is -0.310. The fraction of sp³-hybridized carbons (Fsp3) is 0.277. The summed E-state index contributed by atoms with van der Waals surface area (Å²) in [6.45, 7) is 26.0. The summed E-state index contributed by atoms with van der Waals surface area (Å²) >= 11 is 1.69. The summed E-state index contributed by atoms with van der Waals surface area (Å²) < 4.78 is 0.